The van der Waals surface area contributed by atoms with E-state index >= 15 is 0 Å². The standard InChI is InChI=1S/C9H8BrF2NO3/c1-2-16-9(15)6-5(7(11)12)4(10)3-13-8(6)14/h3,7H,2H2,1H3,(H,13,14). The number of hydrogen-bond donors (Lipinski definition) is 1. The SMILES string of the molecule is CCOC(=O)c1c(C(F)F)c(Br)c[nH]c1=O. The number of ether oxygens (including phenoxy) is 1. The molecule has 0 unspecified atom stereocenters. The maximum atomic E-state index is 12.7. The van der Waals surface area contributed by atoms with E-state index in [0.717, 1.165) is 6.20 Å². The van der Waals surface area contributed by atoms with Gasteiger partial charge in [0, 0.05) is 10.7 Å². The van der Waals surface area contributed by atoms with Crippen LogP contribution in [-0.4, -0.2) is 17.6 Å². The highest BCUT2D eigenvalue weighted by Crippen LogP contribution is 2.28. The van der Waals surface area contributed by atoms with Crippen LogP contribution in [0.3, 0.4) is 0 Å². The van der Waals surface area contributed by atoms with Gasteiger partial charge in [-0.2, -0.15) is 0 Å². The number of halogens is 3. The van der Waals surface area contributed by atoms with Gasteiger partial charge in [0.15, 0.2) is 0 Å². The fourth-order valence-corrected chi connectivity index (χ4v) is 1.63. The zero-order valence-electron chi connectivity index (χ0n) is 8.22. The van der Waals surface area contributed by atoms with Gasteiger partial charge >= 0.3 is 5.97 Å². The fourth-order valence-electron chi connectivity index (χ4n) is 1.14. The summed E-state index contributed by atoms with van der Waals surface area (Å²) in [6, 6.07) is 0. The molecule has 1 heterocycles. The number of carbonyl (C=O) groups is 1. The molecule has 7 heteroatoms. The molecule has 0 spiro atoms. The van der Waals surface area contributed by atoms with Crippen molar-refractivity contribution in [2.75, 3.05) is 6.61 Å². The van der Waals surface area contributed by atoms with Gasteiger partial charge in [0.05, 0.1) is 12.2 Å². The monoisotopic (exact) mass is 295 g/mol. The van der Waals surface area contributed by atoms with Gasteiger partial charge < -0.3 is 9.72 Å². The molecule has 0 saturated heterocycles. The second-order valence-corrected chi connectivity index (χ2v) is 3.63. The minimum Gasteiger partial charge on any atom is -0.462 e. The van der Waals surface area contributed by atoms with Crippen LogP contribution < -0.4 is 5.56 Å². The smallest absolute Gasteiger partial charge is 0.344 e. The third kappa shape index (κ3) is 2.46. The van der Waals surface area contributed by atoms with Crippen molar-refractivity contribution >= 4 is 21.9 Å². The van der Waals surface area contributed by atoms with Crippen molar-refractivity contribution in [3.63, 3.8) is 0 Å². The van der Waals surface area contributed by atoms with Crippen LogP contribution in [-0.2, 0) is 4.74 Å². The van der Waals surface area contributed by atoms with Crippen LogP contribution >= 0.6 is 15.9 Å². The van der Waals surface area contributed by atoms with E-state index in [1.54, 1.807) is 0 Å². The van der Waals surface area contributed by atoms with Gasteiger partial charge in [-0.25, -0.2) is 13.6 Å². The maximum Gasteiger partial charge on any atom is 0.344 e. The molecule has 0 bridgehead atoms. The van der Waals surface area contributed by atoms with E-state index in [4.69, 9.17) is 0 Å². The normalized spacial score (nSPS) is 10.6. The first-order valence-electron chi connectivity index (χ1n) is 4.35. The predicted molar refractivity (Wildman–Crippen MR) is 55.7 cm³/mol. The summed E-state index contributed by atoms with van der Waals surface area (Å²) in [7, 11) is 0. The van der Waals surface area contributed by atoms with Gasteiger partial charge in [0.2, 0.25) is 0 Å². The van der Waals surface area contributed by atoms with Crippen LogP contribution in [0.2, 0.25) is 0 Å². The number of aromatic amines is 1. The lowest BCUT2D eigenvalue weighted by Crippen LogP contribution is -2.22. The van der Waals surface area contributed by atoms with Crippen molar-refractivity contribution in [1.29, 1.82) is 0 Å². The first kappa shape index (κ1) is 12.8. The largest absolute Gasteiger partial charge is 0.462 e. The molecule has 4 nitrogen and oxygen atoms in total. The number of nitrogens with one attached hydrogen (secondary N) is 1. The van der Waals surface area contributed by atoms with Gasteiger partial charge in [0.1, 0.15) is 5.56 Å². The molecular formula is C9H8BrF2NO3. The molecule has 0 radical (unpaired) electrons. The summed E-state index contributed by atoms with van der Waals surface area (Å²) in [5, 5.41) is 0. The zero-order chi connectivity index (χ0) is 12.3. The molecule has 0 atom stereocenters. The molecule has 0 aromatic carbocycles. The van der Waals surface area contributed by atoms with Crippen LogP contribution in [0, 0.1) is 0 Å². The average Bonchev–Trinajstić information content (AvgIpc) is 2.20. The van der Waals surface area contributed by atoms with E-state index in [1.807, 2.05) is 0 Å². The second kappa shape index (κ2) is 5.20. The molecule has 88 valence electrons. The Morgan fingerprint density at radius 2 is 2.25 bits per heavy atom. The van der Waals surface area contributed by atoms with Crippen LogP contribution in [0.15, 0.2) is 15.5 Å². The molecule has 0 aliphatic heterocycles. The minimum atomic E-state index is -2.93. The predicted octanol–water partition coefficient (Wildman–Crippen LogP) is 2.25. The Morgan fingerprint density at radius 1 is 1.62 bits per heavy atom. The molecule has 16 heavy (non-hydrogen) atoms. The van der Waals surface area contributed by atoms with Crippen molar-refractivity contribution in [3.05, 3.63) is 32.2 Å². The van der Waals surface area contributed by atoms with E-state index < -0.39 is 29.1 Å². The summed E-state index contributed by atoms with van der Waals surface area (Å²) >= 11 is 2.84. The Labute approximate surface area is 97.7 Å². The molecule has 1 N–H and O–H groups in total. The Balaban J connectivity index is 3.40. The van der Waals surface area contributed by atoms with E-state index in [-0.39, 0.29) is 11.1 Å². The number of carbonyl (C=O) groups excluding carboxylic acids is 1. The molecule has 0 fully saturated rings. The van der Waals surface area contributed by atoms with E-state index in [9.17, 15) is 18.4 Å². The van der Waals surface area contributed by atoms with Gasteiger partial charge in [0.25, 0.3) is 12.0 Å². The summed E-state index contributed by atoms with van der Waals surface area (Å²) in [5.74, 6) is -1.06. The van der Waals surface area contributed by atoms with Gasteiger partial charge in [-0.05, 0) is 22.9 Å². The zero-order valence-corrected chi connectivity index (χ0v) is 9.81. The molecule has 0 aliphatic carbocycles. The molecule has 0 amide bonds. The quantitative estimate of drug-likeness (QED) is 0.870. The van der Waals surface area contributed by atoms with Crippen molar-refractivity contribution in [2.24, 2.45) is 0 Å². The highest BCUT2D eigenvalue weighted by Gasteiger charge is 2.25. The van der Waals surface area contributed by atoms with Gasteiger partial charge in [-0.15, -0.1) is 0 Å². The van der Waals surface area contributed by atoms with Crippen LogP contribution in [0.5, 0.6) is 0 Å². The maximum absolute atomic E-state index is 12.7. The summed E-state index contributed by atoms with van der Waals surface area (Å²) in [6.45, 7) is 1.53. The summed E-state index contributed by atoms with van der Waals surface area (Å²) in [5.41, 5.74) is -2.20. The molecule has 0 saturated carbocycles. The lowest BCUT2D eigenvalue weighted by atomic mass is 10.1. The average molecular weight is 296 g/mol. The van der Waals surface area contributed by atoms with Crippen molar-refractivity contribution in [3.8, 4) is 0 Å². The van der Waals surface area contributed by atoms with E-state index in [2.05, 4.69) is 25.7 Å². The Kier molecular flexibility index (Phi) is 4.17. The summed E-state index contributed by atoms with van der Waals surface area (Å²) < 4.78 is 29.9. The Bertz CT molecular complexity index is 459. The molecule has 0 aliphatic rings. The minimum absolute atomic E-state index is 0.00741. The third-order valence-electron chi connectivity index (χ3n) is 1.78. The fraction of sp³-hybridized carbons (Fsp3) is 0.333. The van der Waals surface area contributed by atoms with E-state index in [0.29, 0.717) is 0 Å². The van der Waals surface area contributed by atoms with Crippen molar-refractivity contribution < 1.29 is 18.3 Å². The van der Waals surface area contributed by atoms with Gasteiger partial charge in [-0.1, -0.05) is 0 Å². The lowest BCUT2D eigenvalue weighted by Gasteiger charge is -2.08. The van der Waals surface area contributed by atoms with Crippen LogP contribution in [0.25, 0.3) is 0 Å². The first-order chi connectivity index (χ1) is 7.49. The summed E-state index contributed by atoms with van der Waals surface area (Å²) in [6.07, 6.45) is -1.87. The number of H-pyrrole nitrogens is 1. The third-order valence-corrected chi connectivity index (χ3v) is 2.44. The number of alkyl halides is 2. The number of aromatic nitrogens is 1. The number of hydrogen-bond acceptors (Lipinski definition) is 3. The van der Waals surface area contributed by atoms with E-state index in [1.165, 1.54) is 6.92 Å². The Hall–Kier alpha value is -1.24. The lowest BCUT2D eigenvalue weighted by molar-refractivity contribution is 0.0512. The summed E-state index contributed by atoms with van der Waals surface area (Å²) in [4.78, 5) is 24.8. The molecule has 1 rings (SSSR count). The van der Waals surface area contributed by atoms with Gasteiger partial charge in [-0.3, -0.25) is 4.79 Å². The van der Waals surface area contributed by atoms with Crippen LogP contribution in [0.1, 0.15) is 29.3 Å². The highest BCUT2D eigenvalue weighted by atomic mass is 79.9. The topological polar surface area (TPSA) is 59.2 Å². The highest BCUT2D eigenvalue weighted by molar-refractivity contribution is 9.10. The molecule has 1 aromatic rings. The number of pyridine rings is 1. The Morgan fingerprint density at radius 3 is 2.75 bits per heavy atom. The molecular weight excluding hydrogens is 288 g/mol. The first-order valence-corrected chi connectivity index (χ1v) is 5.14. The number of rotatable bonds is 3. The van der Waals surface area contributed by atoms with Crippen LogP contribution in [0.4, 0.5) is 8.78 Å². The molecule has 1 aromatic heterocycles. The second-order valence-electron chi connectivity index (χ2n) is 2.78. The van der Waals surface area contributed by atoms with Crippen molar-refractivity contribution in [2.45, 2.75) is 13.3 Å². The number of esters is 1. The van der Waals surface area contributed by atoms with Crippen molar-refractivity contribution in [1.82, 2.24) is 4.98 Å².